The molecular formula is C28H29F2N5O3. The van der Waals surface area contributed by atoms with Crippen LogP contribution >= 0.6 is 0 Å². The summed E-state index contributed by atoms with van der Waals surface area (Å²) in [4.78, 5) is 23.5. The minimum absolute atomic E-state index is 0.170. The summed E-state index contributed by atoms with van der Waals surface area (Å²) in [6.45, 7) is 7.52. The molecule has 0 saturated carbocycles. The Hall–Kier alpha value is -4.07. The van der Waals surface area contributed by atoms with Crippen molar-refractivity contribution < 1.29 is 23.0 Å². The van der Waals surface area contributed by atoms with Gasteiger partial charge in [0.05, 0.1) is 30.1 Å². The number of carbonyl (C=O) groups excluding carboxylic acids is 1. The molecule has 1 fully saturated rings. The monoisotopic (exact) mass is 521 g/mol. The number of likely N-dealkylation sites (N-methyl/N-ethyl adjacent to an activating group) is 1. The van der Waals surface area contributed by atoms with Gasteiger partial charge in [-0.1, -0.05) is 25.8 Å². The molecule has 10 heteroatoms. The van der Waals surface area contributed by atoms with Gasteiger partial charge in [0.15, 0.2) is 11.6 Å². The Labute approximate surface area is 220 Å². The molecule has 0 unspecified atom stereocenters. The van der Waals surface area contributed by atoms with Gasteiger partial charge in [0.25, 0.3) is 0 Å². The van der Waals surface area contributed by atoms with Crippen LogP contribution in [0.25, 0.3) is 10.9 Å². The molecule has 2 heterocycles. The first-order chi connectivity index (χ1) is 18.4. The van der Waals surface area contributed by atoms with Gasteiger partial charge in [-0.15, -0.1) is 6.42 Å². The van der Waals surface area contributed by atoms with Gasteiger partial charge in [0.2, 0.25) is 5.91 Å². The Morgan fingerprint density at radius 1 is 1.24 bits per heavy atom. The van der Waals surface area contributed by atoms with Crippen molar-refractivity contribution in [2.75, 3.05) is 43.5 Å². The third-order valence-electron chi connectivity index (χ3n) is 6.15. The topological polar surface area (TPSA) is 88.6 Å². The molecule has 8 nitrogen and oxygen atoms in total. The van der Waals surface area contributed by atoms with Gasteiger partial charge < -0.3 is 25.0 Å². The minimum Gasteiger partial charge on any atom is -0.486 e. The number of benzene rings is 2. The van der Waals surface area contributed by atoms with Gasteiger partial charge >= 0.3 is 0 Å². The molecule has 2 aromatic carbocycles. The van der Waals surface area contributed by atoms with Crippen LogP contribution in [-0.4, -0.2) is 59.7 Å². The van der Waals surface area contributed by atoms with Gasteiger partial charge in [-0.25, -0.2) is 18.7 Å². The van der Waals surface area contributed by atoms with E-state index in [1.54, 1.807) is 18.2 Å². The second kappa shape index (κ2) is 12.4. The SMILES string of the molecule is C#Cc1cc(F)c(F)c(Nc2ncnc3cc(O[C@H]4CCOC4)c(NC(=O)/C=C/CN(CC)CC)cc23)c1. The Morgan fingerprint density at radius 2 is 2.05 bits per heavy atom. The number of aromatic nitrogens is 2. The van der Waals surface area contributed by atoms with E-state index in [1.807, 2.05) is 0 Å². The van der Waals surface area contributed by atoms with E-state index < -0.39 is 11.6 Å². The maximum atomic E-state index is 14.5. The van der Waals surface area contributed by atoms with Crippen molar-refractivity contribution in [2.24, 2.45) is 0 Å². The zero-order valence-corrected chi connectivity index (χ0v) is 21.3. The van der Waals surface area contributed by atoms with E-state index in [0.29, 0.717) is 48.5 Å². The molecule has 1 aromatic heterocycles. The molecule has 0 aliphatic carbocycles. The summed E-state index contributed by atoms with van der Waals surface area (Å²) in [5, 5.41) is 6.13. The van der Waals surface area contributed by atoms with Crippen LogP contribution in [0.4, 0.5) is 26.0 Å². The lowest BCUT2D eigenvalue weighted by Gasteiger charge is -2.18. The van der Waals surface area contributed by atoms with Gasteiger partial charge in [0.1, 0.15) is 24.0 Å². The first-order valence-corrected chi connectivity index (χ1v) is 12.4. The highest BCUT2D eigenvalue weighted by Crippen LogP contribution is 2.35. The second-order valence-electron chi connectivity index (χ2n) is 8.66. The fourth-order valence-corrected chi connectivity index (χ4v) is 4.02. The van der Waals surface area contributed by atoms with Crippen LogP contribution in [0.1, 0.15) is 25.8 Å². The fraction of sp³-hybridized carbons (Fsp3) is 0.321. The third kappa shape index (κ3) is 6.43. The van der Waals surface area contributed by atoms with E-state index in [-0.39, 0.29) is 29.1 Å². The highest BCUT2D eigenvalue weighted by molar-refractivity contribution is 6.03. The maximum Gasteiger partial charge on any atom is 0.248 e. The number of terminal acetylenes is 1. The molecule has 0 radical (unpaired) electrons. The molecule has 3 aromatic rings. The number of nitrogens with zero attached hydrogens (tertiary/aromatic N) is 3. The quantitative estimate of drug-likeness (QED) is 0.297. The lowest BCUT2D eigenvalue weighted by Crippen LogP contribution is -2.23. The van der Waals surface area contributed by atoms with Crippen molar-refractivity contribution in [1.82, 2.24) is 14.9 Å². The molecule has 1 amide bonds. The number of hydrogen-bond acceptors (Lipinski definition) is 7. The number of anilines is 3. The summed E-state index contributed by atoms with van der Waals surface area (Å²) in [7, 11) is 0. The van der Waals surface area contributed by atoms with E-state index in [9.17, 15) is 13.6 Å². The lowest BCUT2D eigenvalue weighted by atomic mass is 10.1. The normalized spacial score (nSPS) is 15.2. The Balaban J connectivity index is 1.69. The van der Waals surface area contributed by atoms with Crippen LogP contribution < -0.4 is 15.4 Å². The molecule has 0 spiro atoms. The molecule has 0 bridgehead atoms. The van der Waals surface area contributed by atoms with Crippen LogP contribution in [0.3, 0.4) is 0 Å². The van der Waals surface area contributed by atoms with E-state index in [4.69, 9.17) is 15.9 Å². The Morgan fingerprint density at radius 3 is 2.76 bits per heavy atom. The summed E-state index contributed by atoms with van der Waals surface area (Å²) in [6, 6.07) is 5.56. The first kappa shape index (κ1) is 27.0. The fourth-order valence-electron chi connectivity index (χ4n) is 4.02. The van der Waals surface area contributed by atoms with E-state index in [0.717, 1.165) is 19.2 Å². The van der Waals surface area contributed by atoms with E-state index >= 15 is 0 Å². The number of hydrogen-bond donors (Lipinski definition) is 2. The lowest BCUT2D eigenvalue weighted by molar-refractivity contribution is -0.111. The molecule has 2 N–H and O–H groups in total. The molecule has 4 rings (SSSR count). The molecule has 38 heavy (non-hydrogen) atoms. The Kier molecular flexibility index (Phi) is 8.84. The number of carbonyl (C=O) groups is 1. The number of halogens is 2. The van der Waals surface area contributed by atoms with Crippen LogP contribution in [-0.2, 0) is 9.53 Å². The smallest absolute Gasteiger partial charge is 0.248 e. The molecular weight excluding hydrogens is 492 g/mol. The summed E-state index contributed by atoms with van der Waals surface area (Å²) < 4.78 is 40.1. The Bertz CT molecular complexity index is 1380. The van der Waals surface area contributed by atoms with Crippen LogP contribution in [0.2, 0.25) is 0 Å². The van der Waals surface area contributed by atoms with Gasteiger partial charge in [-0.2, -0.15) is 0 Å². The summed E-state index contributed by atoms with van der Waals surface area (Å²) in [6.07, 6.45) is 10.5. The van der Waals surface area contributed by atoms with Crippen molar-refractivity contribution in [3.63, 3.8) is 0 Å². The molecule has 1 atom stereocenters. The predicted octanol–water partition coefficient (Wildman–Crippen LogP) is 4.64. The van der Waals surface area contributed by atoms with Crippen molar-refractivity contribution in [3.8, 4) is 18.1 Å². The minimum atomic E-state index is -1.09. The van der Waals surface area contributed by atoms with Crippen molar-refractivity contribution in [2.45, 2.75) is 26.4 Å². The zero-order valence-electron chi connectivity index (χ0n) is 21.3. The van der Waals surface area contributed by atoms with E-state index in [1.165, 1.54) is 18.5 Å². The van der Waals surface area contributed by atoms with Crippen molar-refractivity contribution in [1.29, 1.82) is 0 Å². The predicted molar refractivity (Wildman–Crippen MR) is 143 cm³/mol. The molecule has 1 aliphatic rings. The number of nitrogens with one attached hydrogen (secondary N) is 2. The van der Waals surface area contributed by atoms with Crippen LogP contribution in [0.15, 0.2) is 42.7 Å². The molecule has 1 aliphatic heterocycles. The summed E-state index contributed by atoms with van der Waals surface area (Å²) in [5.74, 6) is 0.391. The highest BCUT2D eigenvalue weighted by Gasteiger charge is 2.21. The standard InChI is InChI=1S/C28H29F2N5O3/c1-4-18-12-21(29)27(30)24(13-18)34-28-20-14-23(33-26(36)8-7-10-35(5-2)6-3)25(15-22(20)31-17-32-28)38-19-9-11-37-16-19/h1,7-8,12-15,17,19H,5-6,9-11,16H2,2-3H3,(H,33,36)(H,31,32,34)/b8-7+/t19-/m0/s1. The zero-order chi connectivity index (χ0) is 27.1. The molecule has 198 valence electrons. The van der Waals surface area contributed by atoms with Crippen molar-refractivity contribution in [3.05, 3.63) is 59.9 Å². The average Bonchev–Trinajstić information content (AvgIpc) is 3.43. The number of fused-ring (bicyclic) bond motifs is 1. The number of ether oxygens (including phenoxy) is 2. The van der Waals surface area contributed by atoms with E-state index in [2.05, 4.69) is 45.3 Å². The third-order valence-corrected chi connectivity index (χ3v) is 6.15. The maximum absolute atomic E-state index is 14.5. The highest BCUT2D eigenvalue weighted by atomic mass is 19.2. The summed E-state index contributed by atoms with van der Waals surface area (Å²) >= 11 is 0. The second-order valence-corrected chi connectivity index (χ2v) is 8.66. The average molecular weight is 522 g/mol. The first-order valence-electron chi connectivity index (χ1n) is 12.4. The van der Waals surface area contributed by atoms with Crippen molar-refractivity contribution >= 4 is 34.0 Å². The van der Waals surface area contributed by atoms with Crippen LogP contribution in [0.5, 0.6) is 5.75 Å². The number of amides is 1. The largest absolute Gasteiger partial charge is 0.486 e. The van der Waals surface area contributed by atoms with Crippen LogP contribution in [0, 0.1) is 24.0 Å². The molecule has 1 saturated heterocycles. The van der Waals surface area contributed by atoms with Gasteiger partial charge in [-0.05, 0) is 31.3 Å². The van der Waals surface area contributed by atoms with Gasteiger partial charge in [0, 0.05) is 36.1 Å². The number of rotatable bonds is 10. The summed E-state index contributed by atoms with van der Waals surface area (Å²) in [5.41, 5.74) is 0.847. The van der Waals surface area contributed by atoms with Gasteiger partial charge in [-0.3, -0.25) is 4.79 Å².